The van der Waals surface area contributed by atoms with E-state index in [1.165, 1.54) is 16.8 Å². The number of rotatable bonds is 5. The maximum Gasteiger partial charge on any atom is 0.123 e. The van der Waals surface area contributed by atoms with Crippen LogP contribution in [0.4, 0.5) is 4.39 Å². The number of benzene rings is 4. The number of aromatic nitrogens is 2. The Morgan fingerprint density at radius 1 is 0.896 bits per heavy atom. The van der Waals surface area contributed by atoms with Crippen LogP contribution in [-0.4, -0.2) is 18.0 Å². The molecule has 2 nitrogen and oxygen atoms in total. The van der Waals surface area contributed by atoms with Crippen LogP contribution in [0.1, 0.15) is 39.2 Å². The molecule has 0 amide bonds. The van der Waals surface area contributed by atoms with Crippen LogP contribution in [0.3, 0.4) is 0 Å². The minimum absolute atomic E-state index is 0. The molecule has 7 rings (SSSR count). The first-order chi connectivity index (χ1) is 22.8. The van der Waals surface area contributed by atoms with Crippen LogP contribution in [0.15, 0.2) is 109 Å². The molecule has 0 saturated carbocycles. The monoisotopic (exact) mass is 844 g/mol. The van der Waals surface area contributed by atoms with Crippen LogP contribution in [0.25, 0.3) is 53.5 Å². The molecule has 0 bridgehead atoms. The van der Waals surface area contributed by atoms with Gasteiger partial charge in [0.05, 0.1) is 8.07 Å². The zero-order valence-corrected chi connectivity index (χ0v) is 32.5. The molecule has 0 aliphatic carbocycles. The maximum absolute atomic E-state index is 13.7. The summed E-state index contributed by atoms with van der Waals surface area (Å²) in [5.74, 6) is -1.05. The van der Waals surface area contributed by atoms with Crippen molar-refractivity contribution >= 4 is 55.5 Å². The number of nitrogens with zero attached hydrogens (tertiary/aromatic N) is 2. The van der Waals surface area contributed by atoms with E-state index in [1.54, 1.807) is 23.6 Å². The summed E-state index contributed by atoms with van der Waals surface area (Å²) in [4.78, 5) is 9.19. The quantitative estimate of drug-likeness (QED) is 0.0980. The molecule has 1 radical (unpaired) electrons. The Bertz CT molecular complexity index is 2300. The first-order valence-corrected chi connectivity index (χ1v) is 20.2. The fourth-order valence-corrected chi connectivity index (χ4v) is 8.96. The summed E-state index contributed by atoms with van der Waals surface area (Å²) in [5.41, 5.74) is 7.19. The molecule has 4 aromatic carbocycles. The van der Waals surface area contributed by atoms with Gasteiger partial charge in [-0.2, -0.15) is 11.3 Å². The molecule has 7 aromatic rings. The first-order valence-electron chi connectivity index (χ1n) is 16.3. The minimum Gasteiger partial charge on any atom is -0.305 e. The number of aryl methyl sites for hydroxylation is 1. The van der Waals surface area contributed by atoms with Crippen LogP contribution in [-0.2, 0) is 20.1 Å². The summed E-state index contributed by atoms with van der Waals surface area (Å²) in [7, 11) is -1.27. The Hall–Kier alpha value is -3.80. The number of pyridine rings is 2. The largest absolute Gasteiger partial charge is 0.305 e. The average Bonchev–Trinajstić information content (AvgIpc) is 3.40. The van der Waals surface area contributed by atoms with E-state index < -0.39 is 14.0 Å². The Balaban J connectivity index is 0.000000221. The van der Waals surface area contributed by atoms with Crippen molar-refractivity contribution in [2.24, 2.45) is 0 Å². The third-order valence-electron chi connectivity index (χ3n) is 8.23. The zero-order chi connectivity index (χ0) is 34.2. The molecule has 0 aliphatic rings. The zero-order valence-electron chi connectivity index (χ0n) is 29.3. The van der Waals surface area contributed by atoms with Gasteiger partial charge in [-0.1, -0.05) is 67.4 Å². The maximum atomic E-state index is 13.7. The number of fused-ring (bicyclic) bond motifs is 4. The Morgan fingerprint density at radius 2 is 1.71 bits per heavy atom. The number of halogens is 1. The molecule has 245 valence electrons. The third-order valence-corrected chi connectivity index (χ3v) is 11.6. The van der Waals surface area contributed by atoms with Gasteiger partial charge in [0.2, 0.25) is 0 Å². The molecule has 0 spiro atoms. The molecule has 48 heavy (non-hydrogen) atoms. The van der Waals surface area contributed by atoms with Crippen LogP contribution >= 0.6 is 11.3 Å². The topological polar surface area (TPSA) is 25.8 Å². The van der Waals surface area contributed by atoms with Gasteiger partial charge in [0.15, 0.2) is 0 Å². The van der Waals surface area contributed by atoms with Gasteiger partial charge in [0, 0.05) is 38.6 Å². The second kappa shape index (κ2) is 14.8. The van der Waals surface area contributed by atoms with E-state index >= 15 is 0 Å². The van der Waals surface area contributed by atoms with Gasteiger partial charge in [0.25, 0.3) is 0 Å². The van der Waals surface area contributed by atoms with Crippen molar-refractivity contribution in [3.05, 3.63) is 138 Å². The molecule has 6 heteroatoms. The smallest absolute Gasteiger partial charge is 0.123 e. The van der Waals surface area contributed by atoms with Crippen molar-refractivity contribution in [1.82, 2.24) is 9.97 Å². The molecule has 1 atom stereocenters. The standard InChI is InChI=1S/C27H21FNS.C15H18NSi.Ir/c1-16(2)11-17(3)18-9-10-29-25(14-18)23-6-4-5-22-24-13-19-7-8-21(28)12-20(19)15-26(24)30-27(22)23;1-12-10-14(13-8-6-5-7-9-13)16-11-15(12)17(2,3)4;/h4-5,7-15,17H,1-3H3;5-8,10-11H,1-4H3;/q2*-1;/i17D;;. The van der Waals surface area contributed by atoms with E-state index in [0.717, 1.165) is 64.6 Å². The third kappa shape index (κ3) is 7.74. The predicted octanol–water partition coefficient (Wildman–Crippen LogP) is 11.7. The molecule has 0 aliphatic heterocycles. The van der Waals surface area contributed by atoms with Gasteiger partial charge in [0.1, 0.15) is 5.82 Å². The number of thiophene rings is 1. The fourth-order valence-electron chi connectivity index (χ4n) is 6.02. The van der Waals surface area contributed by atoms with E-state index in [2.05, 4.69) is 85.2 Å². The van der Waals surface area contributed by atoms with Crippen molar-refractivity contribution in [3.8, 4) is 22.5 Å². The van der Waals surface area contributed by atoms with Gasteiger partial charge in [-0.3, -0.25) is 0 Å². The Labute approximate surface area is 303 Å². The number of hydrogen-bond acceptors (Lipinski definition) is 3. The summed E-state index contributed by atoms with van der Waals surface area (Å²) in [6.45, 7) is 15.2. The summed E-state index contributed by atoms with van der Waals surface area (Å²) >= 11 is 1.68. The molecule has 3 heterocycles. The van der Waals surface area contributed by atoms with Crippen LogP contribution in [0.5, 0.6) is 0 Å². The molecule has 0 N–H and O–H groups in total. The Kier molecular flexibility index (Phi) is 10.5. The van der Waals surface area contributed by atoms with Gasteiger partial charge in [-0.25, -0.2) is 4.39 Å². The molecular formula is C42H39FIrN2SSi-2. The van der Waals surface area contributed by atoms with Gasteiger partial charge >= 0.3 is 0 Å². The molecule has 1 unspecified atom stereocenters. The predicted molar refractivity (Wildman–Crippen MR) is 203 cm³/mol. The summed E-state index contributed by atoms with van der Waals surface area (Å²) in [5, 5.41) is 5.66. The van der Waals surface area contributed by atoms with Crippen molar-refractivity contribution < 1.29 is 25.9 Å². The van der Waals surface area contributed by atoms with E-state index in [9.17, 15) is 4.39 Å². The minimum atomic E-state index is -1.27. The molecule has 0 saturated heterocycles. The second-order valence-electron chi connectivity index (χ2n) is 13.3. The van der Waals surface area contributed by atoms with E-state index in [-0.39, 0.29) is 25.9 Å². The average molecular weight is 844 g/mol. The summed E-state index contributed by atoms with van der Waals surface area (Å²) in [6.07, 6.45) is 5.78. The summed E-state index contributed by atoms with van der Waals surface area (Å²) in [6, 6.07) is 33.8. The fraction of sp³-hybridized carbons (Fsp3) is 0.190. The number of allylic oxidation sites excluding steroid dienone is 2. The molecule has 3 aromatic heterocycles. The van der Waals surface area contributed by atoms with E-state index in [4.69, 9.17) is 1.37 Å². The van der Waals surface area contributed by atoms with Crippen molar-refractivity contribution in [2.45, 2.75) is 53.2 Å². The SMILES string of the molecule is Cc1cc(-c2[c-]cccc2)ncc1[Si](C)(C)C.[2H]C(C)(C=C(C)C)c1ccnc(-c2[c-]ccc3c2sc2cc4cc(F)ccc4cc23)c1.[Ir]. The van der Waals surface area contributed by atoms with Gasteiger partial charge in [-0.05, 0) is 100.0 Å². The van der Waals surface area contributed by atoms with Crippen molar-refractivity contribution in [3.63, 3.8) is 0 Å². The first kappa shape index (κ1) is 34.1. The molecular weight excluding hydrogens is 804 g/mol. The van der Waals surface area contributed by atoms with Gasteiger partial charge in [-0.15, -0.1) is 59.7 Å². The Morgan fingerprint density at radius 3 is 2.42 bits per heavy atom. The van der Waals surface area contributed by atoms with Crippen molar-refractivity contribution in [1.29, 1.82) is 0 Å². The van der Waals surface area contributed by atoms with Crippen LogP contribution in [0.2, 0.25) is 19.6 Å². The number of hydrogen-bond donors (Lipinski definition) is 0. The van der Waals surface area contributed by atoms with Crippen molar-refractivity contribution in [2.75, 3.05) is 0 Å². The van der Waals surface area contributed by atoms with Gasteiger partial charge < -0.3 is 9.97 Å². The summed E-state index contributed by atoms with van der Waals surface area (Å²) < 4.78 is 24.7. The second-order valence-corrected chi connectivity index (χ2v) is 19.4. The molecule has 0 fully saturated rings. The van der Waals surface area contributed by atoms with Crippen LogP contribution < -0.4 is 5.19 Å². The van der Waals surface area contributed by atoms with E-state index in [1.807, 2.05) is 69.3 Å². The van der Waals surface area contributed by atoms with E-state index in [0.29, 0.717) is 0 Å². The van der Waals surface area contributed by atoms with Crippen LogP contribution in [0, 0.1) is 24.9 Å². The normalized spacial score (nSPS) is 12.9.